The Labute approximate surface area is 192 Å². The normalized spacial score (nSPS) is 11.1. The topological polar surface area (TPSA) is 133 Å². The molecule has 0 saturated carbocycles. The predicted octanol–water partition coefficient (Wildman–Crippen LogP) is 2.95. The first kappa shape index (κ1) is 23.9. The first-order valence-corrected chi connectivity index (χ1v) is 11.9. The fraction of sp³-hybridized carbons (Fsp3) is 0.217. The average molecular weight is 468 g/mol. The summed E-state index contributed by atoms with van der Waals surface area (Å²) in [6.07, 6.45) is 0. The van der Waals surface area contributed by atoms with Crippen LogP contribution < -0.4 is 15.6 Å². The van der Waals surface area contributed by atoms with Crippen molar-refractivity contribution in [3.63, 3.8) is 0 Å². The zero-order valence-corrected chi connectivity index (χ0v) is 18.9. The molecule has 3 N–H and O–H groups in total. The number of carbonyl (C=O) groups is 1. The van der Waals surface area contributed by atoms with Gasteiger partial charge in [-0.05, 0) is 35.7 Å². The van der Waals surface area contributed by atoms with Crippen LogP contribution in [-0.4, -0.2) is 18.9 Å². The number of hydrogen-bond donors (Lipinski definition) is 3. The third-order valence-corrected chi connectivity index (χ3v) is 6.18. The summed E-state index contributed by atoms with van der Waals surface area (Å²) in [5.74, 6) is -0.647. The minimum atomic E-state index is -3.80. The Hall–Kier alpha value is -3.79. The number of aromatic nitrogens is 1. The van der Waals surface area contributed by atoms with Gasteiger partial charge < -0.3 is 9.88 Å². The molecule has 10 heteroatoms. The molecule has 0 aliphatic heterocycles. The third-order valence-electron chi connectivity index (χ3n) is 4.93. The van der Waals surface area contributed by atoms with Crippen LogP contribution in [0.4, 0.5) is 5.69 Å². The first-order valence-electron chi connectivity index (χ1n) is 10.2. The second-order valence-corrected chi connectivity index (χ2v) is 9.26. The van der Waals surface area contributed by atoms with Crippen molar-refractivity contribution in [2.75, 3.05) is 4.72 Å². The van der Waals surface area contributed by atoms with Crippen molar-refractivity contribution in [2.45, 2.75) is 32.3 Å². The highest BCUT2D eigenvalue weighted by molar-refractivity contribution is 7.91. The van der Waals surface area contributed by atoms with Crippen LogP contribution >= 0.6 is 0 Å². The number of amides is 1. The van der Waals surface area contributed by atoms with Crippen LogP contribution in [0, 0.1) is 12.5 Å². The number of sulfonamides is 1. The van der Waals surface area contributed by atoms with E-state index in [1.165, 1.54) is 10.6 Å². The lowest BCUT2D eigenvalue weighted by Crippen LogP contribution is -2.34. The fourth-order valence-corrected chi connectivity index (χ4v) is 4.39. The Morgan fingerprint density at radius 3 is 2.30 bits per heavy atom. The van der Waals surface area contributed by atoms with Crippen molar-refractivity contribution in [1.82, 2.24) is 9.88 Å². The maximum atomic E-state index is 12.9. The van der Waals surface area contributed by atoms with Gasteiger partial charge in [0.15, 0.2) is 0 Å². The van der Waals surface area contributed by atoms with Gasteiger partial charge in [-0.1, -0.05) is 54.6 Å². The molecule has 2 aromatic carbocycles. The number of carbonyl (C=O) groups excluding carboxylic acids is 1. The molecule has 0 aliphatic carbocycles. The molecule has 0 saturated heterocycles. The van der Waals surface area contributed by atoms with E-state index in [0.29, 0.717) is 17.8 Å². The Morgan fingerprint density at radius 1 is 0.970 bits per heavy atom. The largest absolute Gasteiger partial charge is 0.350 e. The summed E-state index contributed by atoms with van der Waals surface area (Å²) >= 11 is 0. The summed E-state index contributed by atoms with van der Waals surface area (Å²) in [4.78, 5) is 25.3. The second-order valence-electron chi connectivity index (χ2n) is 7.54. The highest BCUT2D eigenvalue weighted by atomic mass is 32.2. The van der Waals surface area contributed by atoms with Gasteiger partial charge in [0.05, 0.1) is 12.3 Å². The highest BCUT2D eigenvalue weighted by Gasteiger charge is 2.16. The van der Waals surface area contributed by atoms with Crippen molar-refractivity contribution in [1.29, 1.82) is 5.53 Å². The summed E-state index contributed by atoms with van der Waals surface area (Å²) in [5, 5.41) is 6.08. The molecule has 9 nitrogen and oxygen atoms in total. The molecule has 1 aromatic heterocycles. The van der Waals surface area contributed by atoms with Crippen LogP contribution in [0.15, 0.2) is 76.6 Å². The maximum Gasteiger partial charge on any atom is 0.275 e. The summed E-state index contributed by atoms with van der Waals surface area (Å²) in [7, 11) is -3.80. The molecule has 0 atom stereocenters. The molecule has 0 spiro atoms. The average Bonchev–Trinajstić information content (AvgIpc) is 2.78. The first-order chi connectivity index (χ1) is 15.8. The maximum absolute atomic E-state index is 12.9. The number of anilines is 1. The smallest absolute Gasteiger partial charge is 0.275 e. The number of aryl methyl sites for hydroxylation is 1. The van der Waals surface area contributed by atoms with E-state index in [-0.39, 0.29) is 30.4 Å². The van der Waals surface area contributed by atoms with Gasteiger partial charge in [0.1, 0.15) is 12.2 Å². The van der Waals surface area contributed by atoms with Crippen LogP contribution in [0.5, 0.6) is 0 Å². The van der Waals surface area contributed by atoms with E-state index >= 15 is 0 Å². The fourth-order valence-electron chi connectivity index (χ4n) is 3.20. The van der Waals surface area contributed by atoms with Crippen LogP contribution in [0.1, 0.15) is 22.4 Å². The van der Waals surface area contributed by atoms with Crippen molar-refractivity contribution in [2.24, 2.45) is 5.11 Å². The SMILES string of the molecule is Cc1ccc(NS(=O)(=O)Cc2ccccc2)c(=O)n1CC(=O)NCc1ccc(CN=N)cc1. The lowest BCUT2D eigenvalue weighted by molar-refractivity contribution is -0.121. The standard InChI is InChI=1S/C23H25N5O4S/c1-17-7-12-21(27-33(31,32)16-20-5-3-2-4-6-20)23(30)28(17)15-22(29)25-13-18-8-10-19(11-9-18)14-26-24/h2-12,24,27H,13-16H2,1H3,(H,25,29). The van der Waals surface area contributed by atoms with E-state index in [0.717, 1.165) is 11.1 Å². The monoisotopic (exact) mass is 467 g/mol. The third kappa shape index (κ3) is 6.84. The van der Waals surface area contributed by atoms with Crippen LogP contribution in [0.3, 0.4) is 0 Å². The predicted molar refractivity (Wildman–Crippen MR) is 125 cm³/mol. The van der Waals surface area contributed by atoms with Gasteiger partial charge in [0.2, 0.25) is 15.9 Å². The number of rotatable bonds is 10. The summed E-state index contributed by atoms with van der Waals surface area (Å²) in [6, 6.07) is 19.0. The Balaban J connectivity index is 1.67. The van der Waals surface area contributed by atoms with Crippen LogP contribution in [0.25, 0.3) is 0 Å². The highest BCUT2D eigenvalue weighted by Crippen LogP contribution is 2.11. The number of benzene rings is 2. The summed E-state index contributed by atoms with van der Waals surface area (Å²) in [6.45, 7) is 2.01. The molecule has 0 radical (unpaired) electrons. The number of pyridine rings is 1. The summed E-state index contributed by atoms with van der Waals surface area (Å²) in [5.41, 5.74) is 9.07. The van der Waals surface area contributed by atoms with Gasteiger partial charge in [-0.3, -0.25) is 14.3 Å². The number of nitrogens with zero attached hydrogens (tertiary/aromatic N) is 2. The Bertz CT molecular complexity index is 1290. The number of nitrogens with one attached hydrogen (secondary N) is 3. The van der Waals surface area contributed by atoms with Crippen LogP contribution in [0.2, 0.25) is 0 Å². The molecule has 0 fully saturated rings. The zero-order chi connectivity index (χ0) is 23.8. The quantitative estimate of drug-likeness (QED) is 0.395. The van der Waals surface area contributed by atoms with Gasteiger partial charge >= 0.3 is 0 Å². The van der Waals surface area contributed by atoms with Crippen LogP contribution in [-0.2, 0) is 40.2 Å². The molecular weight excluding hydrogens is 442 g/mol. The molecule has 3 aromatic rings. The molecule has 1 amide bonds. The minimum absolute atomic E-state index is 0.111. The molecule has 3 rings (SSSR count). The molecular formula is C23H25N5O4S. The van der Waals surface area contributed by atoms with Crippen molar-refractivity contribution in [3.8, 4) is 0 Å². The molecule has 0 aliphatic rings. The van der Waals surface area contributed by atoms with Gasteiger partial charge in [-0.2, -0.15) is 5.11 Å². The van der Waals surface area contributed by atoms with Gasteiger partial charge in [-0.15, -0.1) is 0 Å². The minimum Gasteiger partial charge on any atom is -0.350 e. The molecule has 1 heterocycles. The van der Waals surface area contributed by atoms with E-state index in [9.17, 15) is 18.0 Å². The van der Waals surface area contributed by atoms with E-state index < -0.39 is 15.6 Å². The van der Waals surface area contributed by atoms with Crippen molar-refractivity contribution < 1.29 is 13.2 Å². The number of hydrogen-bond acceptors (Lipinski definition) is 6. The summed E-state index contributed by atoms with van der Waals surface area (Å²) < 4.78 is 28.6. The molecule has 172 valence electrons. The van der Waals surface area contributed by atoms with Gasteiger partial charge in [0.25, 0.3) is 5.56 Å². The lowest BCUT2D eigenvalue weighted by atomic mass is 10.1. The van der Waals surface area contributed by atoms with Gasteiger partial charge in [0, 0.05) is 12.2 Å². The van der Waals surface area contributed by atoms with E-state index in [4.69, 9.17) is 5.53 Å². The van der Waals surface area contributed by atoms with E-state index in [2.05, 4.69) is 15.2 Å². The second kappa shape index (κ2) is 10.7. The van der Waals surface area contributed by atoms with E-state index in [1.807, 2.05) is 24.3 Å². The molecule has 33 heavy (non-hydrogen) atoms. The molecule has 0 unspecified atom stereocenters. The van der Waals surface area contributed by atoms with E-state index in [1.54, 1.807) is 43.3 Å². The molecule has 0 bridgehead atoms. The van der Waals surface area contributed by atoms with Crippen molar-refractivity contribution >= 4 is 21.6 Å². The van der Waals surface area contributed by atoms with Gasteiger partial charge in [-0.25, -0.2) is 13.9 Å². The Kier molecular flexibility index (Phi) is 7.73. The zero-order valence-electron chi connectivity index (χ0n) is 18.1. The lowest BCUT2D eigenvalue weighted by Gasteiger charge is -2.14. The van der Waals surface area contributed by atoms with Crippen molar-refractivity contribution in [3.05, 3.63) is 99.5 Å². The Morgan fingerprint density at radius 2 is 1.64 bits per heavy atom.